The second-order valence-corrected chi connectivity index (χ2v) is 3.56. The smallest absolute Gasteiger partial charge is 0.133 e. The van der Waals surface area contributed by atoms with Gasteiger partial charge in [0.25, 0.3) is 0 Å². The molecular formula is C12H15N5. The second kappa shape index (κ2) is 5.34. The lowest BCUT2D eigenvalue weighted by molar-refractivity contribution is 1.02. The lowest BCUT2D eigenvalue weighted by Gasteiger charge is -2.11. The minimum absolute atomic E-state index is 0.842. The van der Waals surface area contributed by atoms with E-state index in [1.807, 2.05) is 6.92 Å². The molecule has 5 heteroatoms. The fraction of sp³-hybridized carbons (Fsp3) is 0.333. The first-order valence-electron chi connectivity index (χ1n) is 5.70. The predicted octanol–water partition coefficient (Wildman–Crippen LogP) is 1.93. The summed E-state index contributed by atoms with van der Waals surface area (Å²) in [6, 6.07) is 0. The van der Waals surface area contributed by atoms with Crippen LogP contribution >= 0.6 is 0 Å². The van der Waals surface area contributed by atoms with Crippen LogP contribution in [-0.4, -0.2) is 26.5 Å². The molecule has 0 aromatic carbocycles. The van der Waals surface area contributed by atoms with Crippen LogP contribution in [0, 0.1) is 0 Å². The van der Waals surface area contributed by atoms with Gasteiger partial charge in [-0.25, -0.2) is 19.9 Å². The van der Waals surface area contributed by atoms with Gasteiger partial charge in [0.2, 0.25) is 0 Å². The van der Waals surface area contributed by atoms with Gasteiger partial charge in [-0.05, 0) is 13.3 Å². The van der Waals surface area contributed by atoms with Crippen LogP contribution < -0.4 is 5.32 Å². The van der Waals surface area contributed by atoms with Gasteiger partial charge in [-0.15, -0.1) is 0 Å². The summed E-state index contributed by atoms with van der Waals surface area (Å²) in [5, 5.41) is 3.25. The molecule has 0 fully saturated rings. The molecule has 0 radical (unpaired) electrons. The molecule has 88 valence electrons. The highest BCUT2D eigenvalue weighted by Gasteiger charge is 2.11. The molecule has 0 bridgehead atoms. The average molecular weight is 229 g/mol. The van der Waals surface area contributed by atoms with Crippen molar-refractivity contribution in [1.82, 2.24) is 19.9 Å². The Morgan fingerprint density at radius 3 is 2.47 bits per heavy atom. The first kappa shape index (κ1) is 11.4. The summed E-state index contributed by atoms with van der Waals surface area (Å²) < 4.78 is 0. The van der Waals surface area contributed by atoms with Crippen LogP contribution in [0.4, 0.5) is 5.82 Å². The largest absolute Gasteiger partial charge is 0.370 e. The molecule has 2 aromatic rings. The van der Waals surface area contributed by atoms with Crippen molar-refractivity contribution in [2.75, 3.05) is 11.9 Å². The third-order valence-corrected chi connectivity index (χ3v) is 2.48. The monoisotopic (exact) mass is 229 g/mol. The lowest BCUT2D eigenvalue weighted by atomic mass is 10.1. The Hall–Kier alpha value is -2.04. The molecule has 0 aliphatic carbocycles. The van der Waals surface area contributed by atoms with Crippen LogP contribution in [0.5, 0.6) is 0 Å². The van der Waals surface area contributed by atoms with E-state index in [0.29, 0.717) is 0 Å². The SMILES string of the molecule is CCNc1ncnc(-c2cncnc2)c1CC. The molecule has 0 unspecified atom stereocenters. The minimum Gasteiger partial charge on any atom is -0.370 e. The van der Waals surface area contributed by atoms with Gasteiger partial charge in [0.15, 0.2) is 0 Å². The van der Waals surface area contributed by atoms with E-state index in [1.54, 1.807) is 18.7 Å². The summed E-state index contributed by atoms with van der Waals surface area (Å²) in [4.78, 5) is 16.6. The summed E-state index contributed by atoms with van der Waals surface area (Å²) in [7, 11) is 0. The van der Waals surface area contributed by atoms with Gasteiger partial charge in [0.05, 0.1) is 5.69 Å². The van der Waals surface area contributed by atoms with Gasteiger partial charge in [0.1, 0.15) is 18.5 Å². The quantitative estimate of drug-likeness (QED) is 0.867. The molecule has 0 spiro atoms. The number of hydrogen-bond donors (Lipinski definition) is 1. The summed E-state index contributed by atoms with van der Waals surface area (Å²) in [6.45, 7) is 4.98. The highest BCUT2D eigenvalue weighted by Crippen LogP contribution is 2.24. The van der Waals surface area contributed by atoms with Gasteiger partial charge in [-0.3, -0.25) is 0 Å². The topological polar surface area (TPSA) is 63.6 Å². The maximum absolute atomic E-state index is 4.33. The maximum atomic E-state index is 4.33. The van der Waals surface area contributed by atoms with Crippen molar-refractivity contribution in [3.8, 4) is 11.3 Å². The Bertz CT molecular complexity index is 484. The number of nitrogens with zero attached hydrogens (tertiary/aromatic N) is 4. The number of anilines is 1. The van der Waals surface area contributed by atoms with Crippen LogP contribution in [0.1, 0.15) is 19.4 Å². The van der Waals surface area contributed by atoms with E-state index in [1.165, 1.54) is 6.33 Å². The van der Waals surface area contributed by atoms with Crippen molar-refractivity contribution < 1.29 is 0 Å². The summed E-state index contributed by atoms with van der Waals surface area (Å²) in [6.07, 6.45) is 7.49. The van der Waals surface area contributed by atoms with E-state index in [2.05, 4.69) is 32.2 Å². The van der Waals surface area contributed by atoms with Gasteiger partial charge in [-0.2, -0.15) is 0 Å². The van der Waals surface area contributed by atoms with Crippen molar-refractivity contribution in [1.29, 1.82) is 0 Å². The summed E-state index contributed by atoms with van der Waals surface area (Å²) >= 11 is 0. The molecule has 0 amide bonds. The second-order valence-electron chi connectivity index (χ2n) is 3.56. The van der Waals surface area contributed by atoms with Crippen molar-refractivity contribution in [3.63, 3.8) is 0 Å². The Morgan fingerprint density at radius 1 is 1.06 bits per heavy atom. The van der Waals surface area contributed by atoms with E-state index in [-0.39, 0.29) is 0 Å². The normalized spacial score (nSPS) is 10.2. The molecule has 1 N–H and O–H groups in total. The first-order valence-corrected chi connectivity index (χ1v) is 5.70. The summed E-state index contributed by atoms with van der Waals surface area (Å²) in [5.74, 6) is 0.892. The molecular weight excluding hydrogens is 214 g/mol. The van der Waals surface area contributed by atoms with Gasteiger partial charge < -0.3 is 5.32 Å². The van der Waals surface area contributed by atoms with Gasteiger partial charge >= 0.3 is 0 Å². The van der Waals surface area contributed by atoms with Crippen molar-refractivity contribution >= 4 is 5.82 Å². The van der Waals surface area contributed by atoms with Crippen LogP contribution in [0.25, 0.3) is 11.3 Å². The third-order valence-electron chi connectivity index (χ3n) is 2.48. The van der Waals surface area contributed by atoms with Crippen LogP contribution in [0.3, 0.4) is 0 Å². The molecule has 0 saturated heterocycles. The third kappa shape index (κ3) is 2.38. The van der Waals surface area contributed by atoms with Crippen molar-refractivity contribution in [2.24, 2.45) is 0 Å². The van der Waals surface area contributed by atoms with Crippen molar-refractivity contribution in [2.45, 2.75) is 20.3 Å². The number of rotatable bonds is 4. The number of aromatic nitrogens is 4. The zero-order chi connectivity index (χ0) is 12.1. The Labute approximate surface area is 100 Å². The lowest BCUT2D eigenvalue weighted by Crippen LogP contribution is -2.05. The average Bonchev–Trinajstić information content (AvgIpc) is 2.40. The van der Waals surface area contributed by atoms with E-state index in [0.717, 1.165) is 35.6 Å². The highest BCUT2D eigenvalue weighted by atomic mass is 15.0. The van der Waals surface area contributed by atoms with Gasteiger partial charge in [0, 0.05) is 30.1 Å². The zero-order valence-corrected chi connectivity index (χ0v) is 10.0. The van der Waals surface area contributed by atoms with E-state index in [4.69, 9.17) is 0 Å². The molecule has 0 aliphatic heterocycles. The fourth-order valence-corrected chi connectivity index (χ4v) is 1.74. The standard InChI is InChI=1S/C12H15N5/c1-3-10-11(9-5-13-7-14-6-9)16-8-17-12(10)15-4-2/h5-8H,3-4H2,1-2H3,(H,15,16,17). The Morgan fingerprint density at radius 2 is 1.82 bits per heavy atom. The molecule has 17 heavy (non-hydrogen) atoms. The molecule has 0 saturated carbocycles. The van der Waals surface area contributed by atoms with Gasteiger partial charge in [-0.1, -0.05) is 6.92 Å². The highest BCUT2D eigenvalue weighted by molar-refractivity contribution is 5.66. The molecule has 2 heterocycles. The van der Waals surface area contributed by atoms with Crippen LogP contribution in [0.2, 0.25) is 0 Å². The number of nitrogens with one attached hydrogen (secondary N) is 1. The fourth-order valence-electron chi connectivity index (χ4n) is 1.74. The van der Waals surface area contributed by atoms with Crippen LogP contribution in [0.15, 0.2) is 25.0 Å². The molecule has 2 aromatic heterocycles. The van der Waals surface area contributed by atoms with E-state index in [9.17, 15) is 0 Å². The Kier molecular flexibility index (Phi) is 3.59. The first-order chi connectivity index (χ1) is 8.36. The maximum Gasteiger partial charge on any atom is 0.133 e. The van der Waals surface area contributed by atoms with Crippen LogP contribution in [-0.2, 0) is 6.42 Å². The minimum atomic E-state index is 0.842. The van der Waals surface area contributed by atoms with E-state index < -0.39 is 0 Å². The summed E-state index contributed by atoms with van der Waals surface area (Å²) in [5.41, 5.74) is 2.93. The number of hydrogen-bond acceptors (Lipinski definition) is 5. The van der Waals surface area contributed by atoms with E-state index >= 15 is 0 Å². The van der Waals surface area contributed by atoms with Crippen molar-refractivity contribution in [3.05, 3.63) is 30.6 Å². The molecule has 2 rings (SSSR count). The predicted molar refractivity (Wildman–Crippen MR) is 66.6 cm³/mol. The molecule has 5 nitrogen and oxygen atoms in total. The molecule has 0 atom stereocenters. The Balaban J connectivity index is 2.50. The molecule has 0 aliphatic rings. The zero-order valence-electron chi connectivity index (χ0n) is 10.0.